The zero-order valence-electron chi connectivity index (χ0n) is 19.3. The van der Waals surface area contributed by atoms with E-state index in [1.807, 2.05) is 23.1 Å². The molecule has 2 fully saturated rings. The van der Waals surface area contributed by atoms with E-state index in [1.165, 1.54) is 16.5 Å². The van der Waals surface area contributed by atoms with Gasteiger partial charge in [0.25, 0.3) is 5.56 Å². The van der Waals surface area contributed by atoms with Gasteiger partial charge in [-0.15, -0.1) is 0 Å². The van der Waals surface area contributed by atoms with Gasteiger partial charge >= 0.3 is 0 Å². The van der Waals surface area contributed by atoms with Crippen LogP contribution in [-0.2, 0) is 11.3 Å². The van der Waals surface area contributed by atoms with Gasteiger partial charge in [0.1, 0.15) is 5.82 Å². The number of benzene rings is 1. The molecule has 0 spiro atoms. The molecule has 8 nitrogen and oxygen atoms in total. The first-order valence-corrected chi connectivity index (χ1v) is 12.1. The van der Waals surface area contributed by atoms with Gasteiger partial charge in [0.05, 0.1) is 24.0 Å². The molecule has 1 aliphatic carbocycles. The third-order valence-corrected chi connectivity index (χ3v) is 7.48. The van der Waals surface area contributed by atoms with E-state index in [9.17, 15) is 14.7 Å². The van der Waals surface area contributed by atoms with E-state index in [1.54, 1.807) is 12.1 Å². The third-order valence-electron chi connectivity index (χ3n) is 7.48. The number of piperidine rings is 1. The summed E-state index contributed by atoms with van der Waals surface area (Å²) >= 11 is 0. The highest BCUT2D eigenvalue weighted by Gasteiger charge is 2.39. The maximum atomic E-state index is 13.5. The van der Waals surface area contributed by atoms with E-state index >= 15 is 0 Å². The van der Waals surface area contributed by atoms with E-state index < -0.39 is 5.60 Å². The van der Waals surface area contributed by atoms with Gasteiger partial charge in [-0.25, -0.2) is 9.97 Å². The van der Waals surface area contributed by atoms with Crippen molar-refractivity contribution in [2.75, 3.05) is 18.8 Å². The molecule has 0 unspecified atom stereocenters. The zero-order valence-corrected chi connectivity index (χ0v) is 19.3. The highest BCUT2D eigenvalue weighted by atomic mass is 16.3. The molecule has 0 radical (unpaired) electrons. The minimum absolute atomic E-state index is 0.00816. The SMILES string of the molecule is Nc1ccc2ncn(CC3(O)CCN(C(=O)[C@H]4CCCC[C@@H]4c4ccccc4)CC3)c(=O)c2n1. The number of aromatic nitrogens is 3. The number of hydrogen-bond donors (Lipinski definition) is 2. The Bertz CT molecular complexity index is 1230. The summed E-state index contributed by atoms with van der Waals surface area (Å²) in [6, 6.07) is 13.6. The van der Waals surface area contributed by atoms with Gasteiger partial charge in [-0.05, 0) is 49.3 Å². The van der Waals surface area contributed by atoms with Crippen LogP contribution in [-0.4, -0.2) is 49.1 Å². The minimum Gasteiger partial charge on any atom is -0.388 e. The number of nitrogens with zero attached hydrogens (tertiary/aromatic N) is 4. The summed E-state index contributed by atoms with van der Waals surface area (Å²) in [5.41, 5.74) is 6.24. The summed E-state index contributed by atoms with van der Waals surface area (Å²) in [6.07, 6.45) is 6.45. The van der Waals surface area contributed by atoms with Crippen molar-refractivity contribution >= 4 is 22.8 Å². The highest BCUT2D eigenvalue weighted by Crippen LogP contribution is 2.39. The number of hydrogen-bond acceptors (Lipinski definition) is 6. The number of likely N-dealkylation sites (tertiary alicyclic amines) is 1. The van der Waals surface area contributed by atoms with Crippen LogP contribution in [0.5, 0.6) is 0 Å². The molecular weight excluding hydrogens is 430 g/mol. The lowest BCUT2D eigenvalue weighted by molar-refractivity contribution is -0.142. The zero-order chi connectivity index (χ0) is 23.7. The van der Waals surface area contributed by atoms with Gasteiger partial charge in [-0.2, -0.15) is 0 Å². The smallest absolute Gasteiger partial charge is 0.280 e. The van der Waals surface area contributed by atoms with Gasteiger partial charge in [0, 0.05) is 19.0 Å². The summed E-state index contributed by atoms with van der Waals surface area (Å²) in [5, 5.41) is 11.2. The Kier molecular flexibility index (Phi) is 6.08. The Morgan fingerprint density at radius 1 is 1.09 bits per heavy atom. The predicted octanol–water partition coefficient (Wildman–Crippen LogP) is 2.70. The summed E-state index contributed by atoms with van der Waals surface area (Å²) in [6.45, 7) is 1.08. The maximum Gasteiger partial charge on any atom is 0.280 e. The van der Waals surface area contributed by atoms with Crippen molar-refractivity contribution < 1.29 is 9.90 Å². The number of carbonyl (C=O) groups excluding carboxylic acids is 1. The number of anilines is 1. The van der Waals surface area contributed by atoms with Gasteiger partial charge in [-0.3, -0.25) is 14.2 Å². The van der Waals surface area contributed by atoms with E-state index in [-0.39, 0.29) is 41.2 Å². The topological polar surface area (TPSA) is 114 Å². The van der Waals surface area contributed by atoms with Crippen LogP contribution in [0.25, 0.3) is 11.0 Å². The van der Waals surface area contributed by atoms with Crippen LogP contribution in [0, 0.1) is 5.92 Å². The van der Waals surface area contributed by atoms with Crippen LogP contribution in [0.2, 0.25) is 0 Å². The molecule has 1 saturated heterocycles. The Morgan fingerprint density at radius 2 is 1.82 bits per heavy atom. The third kappa shape index (κ3) is 4.42. The number of nitrogens with two attached hydrogens (primary N) is 1. The normalized spacial score (nSPS) is 22.6. The standard InChI is InChI=1S/C26H31N5O3/c27-22-11-10-21-23(29-22)25(33)31(17-28-21)16-26(34)12-14-30(15-13-26)24(32)20-9-5-4-8-19(20)18-6-2-1-3-7-18/h1-3,6-7,10-11,17,19-20,34H,4-5,8-9,12-16H2,(H2,27,29)/t19-,20+/m1/s1. The lowest BCUT2D eigenvalue weighted by Gasteiger charge is -2.41. The van der Waals surface area contributed by atoms with E-state index in [0.717, 1.165) is 25.7 Å². The quantitative estimate of drug-likeness (QED) is 0.617. The van der Waals surface area contributed by atoms with Crippen LogP contribution in [0.4, 0.5) is 5.82 Å². The van der Waals surface area contributed by atoms with Crippen molar-refractivity contribution in [3.05, 3.63) is 64.7 Å². The molecule has 1 amide bonds. The summed E-state index contributed by atoms with van der Waals surface area (Å²) in [7, 11) is 0. The average molecular weight is 462 g/mol. The summed E-state index contributed by atoms with van der Waals surface area (Å²) in [4.78, 5) is 36.7. The van der Waals surface area contributed by atoms with Crippen LogP contribution in [0.1, 0.15) is 50.0 Å². The number of nitrogen functional groups attached to an aromatic ring is 1. The Morgan fingerprint density at radius 3 is 2.59 bits per heavy atom. The van der Waals surface area contributed by atoms with Gasteiger partial charge in [0.2, 0.25) is 5.91 Å². The predicted molar refractivity (Wildman–Crippen MR) is 130 cm³/mol. The van der Waals surface area contributed by atoms with E-state index in [0.29, 0.717) is 31.4 Å². The van der Waals surface area contributed by atoms with E-state index in [4.69, 9.17) is 5.73 Å². The molecule has 1 saturated carbocycles. The molecular formula is C26H31N5O3. The van der Waals surface area contributed by atoms with Crippen molar-refractivity contribution in [3.8, 4) is 0 Å². The molecule has 0 bridgehead atoms. The number of amides is 1. The fourth-order valence-electron chi connectivity index (χ4n) is 5.54. The molecule has 3 aromatic rings. The fourth-order valence-corrected chi connectivity index (χ4v) is 5.54. The monoisotopic (exact) mass is 461 g/mol. The molecule has 1 aromatic carbocycles. The Labute approximate surface area is 198 Å². The second-order valence-electron chi connectivity index (χ2n) is 9.74. The van der Waals surface area contributed by atoms with Crippen LogP contribution < -0.4 is 11.3 Å². The molecule has 3 heterocycles. The first-order chi connectivity index (χ1) is 16.4. The Hall–Kier alpha value is -3.26. The number of fused-ring (bicyclic) bond motifs is 1. The molecule has 2 aromatic heterocycles. The number of aliphatic hydroxyl groups is 1. The summed E-state index contributed by atoms with van der Waals surface area (Å²) < 4.78 is 1.40. The largest absolute Gasteiger partial charge is 0.388 e. The maximum absolute atomic E-state index is 13.5. The summed E-state index contributed by atoms with van der Waals surface area (Å²) in [5.74, 6) is 0.697. The first kappa shape index (κ1) is 22.5. The number of rotatable bonds is 4. The average Bonchev–Trinajstić information content (AvgIpc) is 2.87. The van der Waals surface area contributed by atoms with Crippen molar-refractivity contribution in [2.24, 2.45) is 5.92 Å². The van der Waals surface area contributed by atoms with E-state index in [2.05, 4.69) is 22.1 Å². The first-order valence-electron chi connectivity index (χ1n) is 12.1. The van der Waals surface area contributed by atoms with Gasteiger partial charge in [-0.1, -0.05) is 43.2 Å². The molecule has 34 heavy (non-hydrogen) atoms. The van der Waals surface area contributed by atoms with Crippen molar-refractivity contribution in [3.63, 3.8) is 0 Å². The van der Waals surface area contributed by atoms with Gasteiger partial charge in [0.15, 0.2) is 5.52 Å². The van der Waals surface area contributed by atoms with Crippen LogP contribution in [0.3, 0.4) is 0 Å². The van der Waals surface area contributed by atoms with Gasteiger partial charge < -0.3 is 15.7 Å². The fraction of sp³-hybridized carbons (Fsp3) is 0.462. The lowest BCUT2D eigenvalue weighted by Crippen LogP contribution is -2.51. The second-order valence-corrected chi connectivity index (χ2v) is 9.74. The molecule has 1 aliphatic heterocycles. The lowest BCUT2D eigenvalue weighted by atomic mass is 9.74. The number of carbonyl (C=O) groups is 1. The molecule has 3 N–H and O–H groups in total. The van der Waals surface area contributed by atoms with Crippen molar-refractivity contribution in [2.45, 2.75) is 56.6 Å². The minimum atomic E-state index is -1.08. The number of pyridine rings is 1. The Balaban J connectivity index is 1.27. The van der Waals surface area contributed by atoms with Crippen LogP contribution >= 0.6 is 0 Å². The molecule has 2 aliphatic rings. The molecule has 8 heteroatoms. The van der Waals surface area contributed by atoms with Crippen molar-refractivity contribution in [1.82, 2.24) is 19.4 Å². The highest BCUT2D eigenvalue weighted by molar-refractivity contribution is 5.80. The van der Waals surface area contributed by atoms with Crippen molar-refractivity contribution in [1.29, 1.82) is 0 Å². The molecule has 5 rings (SSSR count). The molecule has 178 valence electrons. The van der Waals surface area contributed by atoms with Crippen LogP contribution in [0.15, 0.2) is 53.6 Å². The molecule has 2 atom stereocenters. The second kappa shape index (κ2) is 9.18.